The summed E-state index contributed by atoms with van der Waals surface area (Å²) in [6.07, 6.45) is 1.77. The number of hydrogen-bond donors (Lipinski definition) is 1. The molecule has 0 radical (unpaired) electrons. The third-order valence-electron chi connectivity index (χ3n) is 2.47. The van der Waals surface area contributed by atoms with E-state index in [-0.39, 0.29) is 0 Å². The van der Waals surface area contributed by atoms with Crippen LogP contribution in [0.2, 0.25) is 0 Å². The Kier molecular flexibility index (Phi) is 4.06. The fraction of sp³-hybridized carbons (Fsp3) is 0.889. The Balaban J connectivity index is 2.36. The Morgan fingerprint density at radius 3 is 2.67 bits per heavy atom. The van der Waals surface area contributed by atoms with Crippen molar-refractivity contribution in [1.82, 2.24) is 10.2 Å². The van der Waals surface area contributed by atoms with Crippen LogP contribution < -0.4 is 5.32 Å². The molecule has 0 bridgehead atoms. The Labute approximate surface area is 74.4 Å². The molecule has 1 atom stereocenters. The molecule has 0 amide bonds. The number of nitrogens with zero attached hydrogens (tertiary/aromatic N) is 2. The van der Waals surface area contributed by atoms with Crippen LogP contribution in [0.5, 0.6) is 0 Å². The lowest BCUT2D eigenvalue weighted by molar-refractivity contribution is 0.170. The van der Waals surface area contributed by atoms with E-state index in [1.807, 2.05) is 0 Å². The summed E-state index contributed by atoms with van der Waals surface area (Å²) in [7, 11) is 0. The number of rotatable bonds is 3. The largest absolute Gasteiger partial charge is 0.314 e. The zero-order chi connectivity index (χ0) is 8.81. The molecule has 0 aromatic rings. The molecule has 1 N–H and O–H groups in total. The molecule has 1 unspecified atom stereocenters. The van der Waals surface area contributed by atoms with E-state index in [0.717, 1.165) is 32.6 Å². The minimum atomic E-state index is 0.483. The first-order chi connectivity index (χ1) is 5.88. The summed E-state index contributed by atoms with van der Waals surface area (Å²) in [5.41, 5.74) is 0. The Hall–Kier alpha value is -0.590. The molecule has 1 aliphatic rings. The Morgan fingerprint density at radius 1 is 1.50 bits per heavy atom. The van der Waals surface area contributed by atoms with Crippen molar-refractivity contribution in [3.05, 3.63) is 0 Å². The van der Waals surface area contributed by atoms with Gasteiger partial charge in [0.2, 0.25) is 0 Å². The van der Waals surface area contributed by atoms with Crippen LogP contribution in [0.15, 0.2) is 0 Å². The van der Waals surface area contributed by atoms with E-state index in [2.05, 4.69) is 23.2 Å². The highest BCUT2D eigenvalue weighted by molar-refractivity contribution is 4.83. The van der Waals surface area contributed by atoms with Crippen molar-refractivity contribution < 1.29 is 0 Å². The molecule has 1 rings (SSSR count). The lowest BCUT2D eigenvalue weighted by Crippen LogP contribution is -2.48. The fourth-order valence-electron chi connectivity index (χ4n) is 1.68. The van der Waals surface area contributed by atoms with Crippen molar-refractivity contribution in [3.63, 3.8) is 0 Å². The van der Waals surface area contributed by atoms with Crippen LogP contribution in [-0.2, 0) is 0 Å². The normalized spacial score (nSPS) is 21.7. The summed E-state index contributed by atoms with van der Waals surface area (Å²) in [6, 6.07) is 2.74. The third-order valence-corrected chi connectivity index (χ3v) is 2.47. The zero-order valence-electron chi connectivity index (χ0n) is 7.71. The van der Waals surface area contributed by atoms with Crippen LogP contribution in [0, 0.1) is 11.3 Å². The summed E-state index contributed by atoms with van der Waals surface area (Å²) in [5, 5.41) is 11.9. The molecule has 1 heterocycles. The van der Waals surface area contributed by atoms with Gasteiger partial charge in [-0.1, -0.05) is 6.92 Å². The van der Waals surface area contributed by atoms with E-state index in [0.29, 0.717) is 12.5 Å². The van der Waals surface area contributed by atoms with Gasteiger partial charge in [-0.05, 0) is 6.42 Å². The fourth-order valence-corrected chi connectivity index (χ4v) is 1.68. The summed E-state index contributed by atoms with van der Waals surface area (Å²) in [5.74, 6) is 0. The van der Waals surface area contributed by atoms with Gasteiger partial charge in [-0.3, -0.25) is 4.90 Å². The molecular formula is C9H17N3. The third kappa shape index (κ3) is 2.47. The first-order valence-corrected chi connectivity index (χ1v) is 4.70. The van der Waals surface area contributed by atoms with Gasteiger partial charge in [0, 0.05) is 32.2 Å². The molecule has 0 spiro atoms. The van der Waals surface area contributed by atoms with Crippen LogP contribution in [0.3, 0.4) is 0 Å². The van der Waals surface area contributed by atoms with E-state index in [1.165, 1.54) is 0 Å². The molecule has 0 aromatic carbocycles. The molecule has 3 nitrogen and oxygen atoms in total. The Bertz CT molecular complexity index is 156. The van der Waals surface area contributed by atoms with Crippen molar-refractivity contribution in [3.8, 4) is 6.07 Å². The van der Waals surface area contributed by atoms with Gasteiger partial charge in [0.15, 0.2) is 0 Å². The van der Waals surface area contributed by atoms with Gasteiger partial charge in [-0.2, -0.15) is 5.26 Å². The number of nitrogens with one attached hydrogen (secondary N) is 1. The number of hydrogen-bond acceptors (Lipinski definition) is 3. The first kappa shape index (κ1) is 9.50. The van der Waals surface area contributed by atoms with E-state index < -0.39 is 0 Å². The van der Waals surface area contributed by atoms with E-state index in [1.54, 1.807) is 0 Å². The smallest absolute Gasteiger partial charge is 0.0638 e. The summed E-state index contributed by atoms with van der Waals surface area (Å²) in [4.78, 5) is 2.42. The average Bonchev–Trinajstić information content (AvgIpc) is 2.15. The second-order valence-corrected chi connectivity index (χ2v) is 3.21. The maximum Gasteiger partial charge on any atom is 0.0638 e. The standard InChI is InChI=1S/C9H17N3/c1-2-9(3-4-10)12-7-5-11-6-8-12/h9,11H,2-3,5-8H2,1H3. The summed E-state index contributed by atoms with van der Waals surface area (Å²) in [6.45, 7) is 6.49. The minimum absolute atomic E-state index is 0.483. The van der Waals surface area contributed by atoms with Crippen LogP contribution >= 0.6 is 0 Å². The number of nitriles is 1. The van der Waals surface area contributed by atoms with Gasteiger partial charge in [0.05, 0.1) is 12.5 Å². The number of piperazine rings is 1. The maximum atomic E-state index is 8.61. The Morgan fingerprint density at radius 2 is 2.17 bits per heavy atom. The molecule has 68 valence electrons. The molecule has 0 saturated carbocycles. The highest BCUT2D eigenvalue weighted by Gasteiger charge is 2.17. The molecule has 1 aliphatic heterocycles. The first-order valence-electron chi connectivity index (χ1n) is 4.70. The van der Waals surface area contributed by atoms with Gasteiger partial charge in [-0.15, -0.1) is 0 Å². The maximum absolute atomic E-state index is 8.61. The van der Waals surface area contributed by atoms with Crippen LogP contribution in [0.1, 0.15) is 19.8 Å². The van der Waals surface area contributed by atoms with E-state index in [4.69, 9.17) is 5.26 Å². The highest BCUT2D eigenvalue weighted by Crippen LogP contribution is 2.08. The van der Waals surface area contributed by atoms with Crippen molar-refractivity contribution in [2.24, 2.45) is 0 Å². The lowest BCUT2D eigenvalue weighted by Gasteiger charge is -2.33. The van der Waals surface area contributed by atoms with E-state index >= 15 is 0 Å². The van der Waals surface area contributed by atoms with Crippen molar-refractivity contribution >= 4 is 0 Å². The predicted octanol–water partition coefficient (Wildman–Crippen LogP) is 0.584. The summed E-state index contributed by atoms with van der Waals surface area (Å²) < 4.78 is 0. The van der Waals surface area contributed by atoms with Crippen molar-refractivity contribution in [2.45, 2.75) is 25.8 Å². The lowest BCUT2D eigenvalue weighted by atomic mass is 10.1. The molecule has 0 aromatic heterocycles. The second-order valence-electron chi connectivity index (χ2n) is 3.21. The molecule has 0 aliphatic carbocycles. The average molecular weight is 167 g/mol. The van der Waals surface area contributed by atoms with Gasteiger partial charge in [0.1, 0.15) is 0 Å². The molecular weight excluding hydrogens is 150 g/mol. The quantitative estimate of drug-likeness (QED) is 0.668. The van der Waals surface area contributed by atoms with Crippen molar-refractivity contribution in [1.29, 1.82) is 5.26 Å². The van der Waals surface area contributed by atoms with Crippen LogP contribution in [0.4, 0.5) is 0 Å². The minimum Gasteiger partial charge on any atom is -0.314 e. The van der Waals surface area contributed by atoms with Gasteiger partial charge in [-0.25, -0.2) is 0 Å². The monoisotopic (exact) mass is 167 g/mol. The van der Waals surface area contributed by atoms with Crippen LogP contribution in [-0.4, -0.2) is 37.1 Å². The molecule has 3 heteroatoms. The second kappa shape index (κ2) is 5.13. The van der Waals surface area contributed by atoms with Gasteiger partial charge < -0.3 is 5.32 Å². The zero-order valence-corrected chi connectivity index (χ0v) is 7.71. The van der Waals surface area contributed by atoms with E-state index in [9.17, 15) is 0 Å². The molecule has 1 fully saturated rings. The molecule has 12 heavy (non-hydrogen) atoms. The van der Waals surface area contributed by atoms with Gasteiger partial charge >= 0.3 is 0 Å². The predicted molar refractivity (Wildman–Crippen MR) is 48.8 cm³/mol. The van der Waals surface area contributed by atoms with Crippen molar-refractivity contribution in [2.75, 3.05) is 26.2 Å². The highest BCUT2D eigenvalue weighted by atomic mass is 15.2. The SMILES string of the molecule is CCC(CC#N)N1CCNCC1. The van der Waals surface area contributed by atoms with Crippen LogP contribution in [0.25, 0.3) is 0 Å². The molecule has 1 saturated heterocycles. The van der Waals surface area contributed by atoms with Gasteiger partial charge in [0.25, 0.3) is 0 Å². The topological polar surface area (TPSA) is 39.1 Å². The summed E-state index contributed by atoms with van der Waals surface area (Å²) >= 11 is 0.